The van der Waals surface area contributed by atoms with Gasteiger partial charge >= 0.3 is 0 Å². The van der Waals surface area contributed by atoms with Crippen LogP contribution in [0.25, 0.3) is 0 Å². The first-order valence-corrected chi connectivity index (χ1v) is 6.34. The second kappa shape index (κ2) is 4.52. The smallest absolute Gasteiger partial charge is 0.0592 e. The van der Waals surface area contributed by atoms with E-state index >= 15 is 0 Å². The van der Waals surface area contributed by atoms with E-state index in [0.717, 1.165) is 17.1 Å². The van der Waals surface area contributed by atoms with Crippen LogP contribution in [0.15, 0.2) is 22.9 Å². The summed E-state index contributed by atoms with van der Waals surface area (Å²) in [6.07, 6.45) is 6.42. The van der Waals surface area contributed by atoms with Gasteiger partial charge in [-0.05, 0) is 40.8 Å². The second-order valence-electron chi connectivity index (χ2n) is 4.60. The van der Waals surface area contributed by atoms with Gasteiger partial charge in [-0.25, -0.2) is 0 Å². The Balaban J connectivity index is 2.20. The third-order valence-corrected chi connectivity index (χ3v) is 3.22. The minimum atomic E-state index is 0.700. The molecule has 1 aliphatic carbocycles. The lowest BCUT2D eigenvalue weighted by Crippen LogP contribution is -2.30. The summed E-state index contributed by atoms with van der Waals surface area (Å²) < 4.78 is 1.11. The van der Waals surface area contributed by atoms with Crippen molar-refractivity contribution in [1.82, 2.24) is 4.98 Å². The summed E-state index contributed by atoms with van der Waals surface area (Å²) in [6, 6.07) is 2.86. The zero-order valence-corrected chi connectivity index (χ0v) is 10.9. The van der Waals surface area contributed by atoms with E-state index < -0.39 is 0 Å². The molecular weight excluding hydrogens is 252 g/mol. The number of nitrogens with zero attached hydrogens (tertiary/aromatic N) is 2. The molecule has 0 spiro atoms. The second-order valence-corrected chi connectivity index (χ2v) is 5.46. The van der Waals surface area contributed by atoms with E-state index in [4.69, 9.17) is 0 Å². The van der Waals surface area contributed by atoms with Gasteiger partial charge in [0.1, 0.15) is 0 Å². The fraction of sp³-hybridized carbons (Fsp3) is 0.583. The molecule has 2 rings (SSSR count). The van der Waals surface area contributed by atoms with Crippen molar-refractivity contribution in [3.05, 3.63) is 22.9 Å². The molecule has 2 nitrogen and oxygen atoms in total. The first-order valence-electron chi connectivity index (χ1n) is 5.54. The van der Waals surface area contributed by atoms with Crippen LogP contribution < -0.4 is 4.90 Å². The van der Waals surface area contributed by atoms with Crippen LogP contribution in [0.2, 0.25) is 0 Å². The maximum atomic E-state index is 4.11. The monoisotopic (exact) mass is 268 g/mol. The van der Waals surface area contributed by atoms with Crippen molar-refractivity contribution in [2.24, 2.45) is 5.92 Å². The van der Waals surface area contributed by atoms with Crippen LogP contribution in [0.1, 0.15) is 26.7 Å². The standard InChI is InChI=1S/C12H17BrN2/c1-9(2)8-15(10-3-4-10)12-5-6-14-7-11(12)13/h5-7,9-10H,3-4,8H2,1-2H3. The van der Waals surface area contributed by atoms with Crippen LogP contribution in [0.3, 0.4) is 0 Å². The van der Waals surface area contributed by atoms with E-state index in [1.54, 1.807) is 0 Å². The molecule has 0 radical (unpaired) electrons. The van der Waals surface area contributed by atoms with Crippen LogP contribution >= 0.6 is 15.9 Å². The number of rotatable bonds is 4. The highest BCUT2D eigenvalue weighted by Crippen LogP contribution is 2.35. The first kappa shape index (κ1) is 10.9. The van der Waals surface area contributed by atoms with Gasteiger partial charge in [0.2, 0.25) is 0 Å². The van der Waals surface area contributed by atoms with E-state index in [-0.39, 0.29) is 0 Å². The van der Waals surface area contributed by atoms with E-state index in [0.29, 0.717) is 5.92 Å². The molecule has 82 valence electrons. The van der Waals surface area contributed by atoms with Gasteiger partial charge in [-0.1, -0.05) is 13.8 Å². The number of halogens is 1. The third kappa shape index (κ3) is 2.71. The first-order chi connectivity index (χ1) is 7.18. The van der Waals surface area contributed by atoms with Crippen LogP contribution in [0.5, 0.6) is 0 Å². The molecule has 0 aromatic carbocycles. The molecule has 0 atom stereocenters. The predicted octanol–water partition coefficient (Wildman–Crippen LogP) is 3.47. The van der Waals surface area contributed by atoms with Gasteiger partial charge in [0.25, 0.3) is 0 Å². The summed E-state index contributed by atoms with van der Waals surface area (Å²) in [7, 11) is 0. The van der Waals surface area contributed by atoms with Crippen LogP contribution in [-0.4, -0.2) is 17.6 Å². The minimum absolute atomic E-state index is 0.700. The van der Waals surface area contributed by atoms with Gasteiger partial charge in [-0.15, -0.1) is 0 Å². The van der Waals surface area contributed by atoms with E-state index in [1.165, 1.54) is 18.5 Å². The largest absolute Gasteiger partial charge is 0.367 e. The van der Waals surface area contributed by atoms with Crippen molar-refractivity contribution in [3.8, 4) is 0 Å². The summed E-state index contributed by atoms with van der Waals surface area (Å²) >= 11 is 3.58. The molecule has 0 amide bonds. The molecule has 0 N–H and O–H groups in total. The van der Waals surface area contributed by atoms with Crippen LogP contribution in [0.4, 0.5) is 5.69 Å². The average molecular weight is 269 g/mol. The molecule has 0 saturated heterocycles. The molecule has 1 aliphatic rings. The molecule has 1 aromatic rings. The highest BCUT2D eigenvalue weighted by atomic mass is 79.9. The molecule has 15 heavy (non-hydrogen) atoms. The molecule has 1 fully saturated rings. The molecule has 0 aliphatic heterocycles. The Kier molecular flexibility index (Phi) is 3.29. The zero-order valence-electron chi connectivity index (χ0n) is 9.28. The Morgan fingerprint density at radius 1 is 1.53 bits per heavy atom. The van der Waals surface area contributed by atoms with Crippen molar-refractivity contribution in [3.63, 3.8) is 0 Å². The Morgan fingerprint density at radius 3 is 2.80 bits per heavy atom. The lowest BCUT2D eigenvalue weighted by molar-refractivity contribution is 0.606. The SMILES string of the molecule is CC(C)CN(c1ccncc1Br)C1CC1. The third-order valence-electron chi connectivity index (χ3n) is 2.61. The van der Waals surface area contributed by atoms with Crippen LogP contribution in [0, 0.1) is 5.92 Å². The minimum Gasteiger partial charge on any atom is -0.367 e. The Morgan fingerprint density at radius 2 is 2.27 bits per heavy atom. The summed E-state index contributed by atoms with van der Waals surface area (Å²) in [5.74, 6) is 0.700. The number of anilines is 1. The summed E-state index contributed by atoms with van der Waals surface area (Å²) in [5, 5.41) is 0. The number of hydrogen-bond acceptors (Lipinski definition) is 2. The van der Waals surface area contributed by atoms with Gasteiger partial charge in [-0.3, -0.25) is 4.98 Å². The predicted molar refractivity (Wildman–Crippen MR) is 67.1 cm³/mol. The molecule has 0 bridgehead atoms. The van der Waals surface area contributed by atoms with Crippen molar-refractivity contribution in [2.75, 3.05) is 11.4 Å². The van der Waals surface area contributed by atoms with E-state index in [1.807, 2.05) is 12.4 Å². The van der Waals surface area contributed by atoms with Gasteiger partial charge in [0, 0.05) is 25.0 Å². The molecule has 3 heteroatoms. The van der Waals surface area contributed by atoms with Gasteiger partial charge in [0.15, 0.2) is 0 Å². The number of pyridine rings is 1. The van der Waals surface area contributed by atoms with Crippen molar-refractivity contribution >= 4 is 21.6 Å². The molecule has 1 heterocycles. The number of aromatic nitrogens is 1. The van der Waals surface area contributed by atoms with Gasteiger partial charge < -0.3 is 4.90 Å². The average Bonchev–Trinajstić information content (AvgIpc) is 2.98. The lowest BCUT2D eigenvalue weighted by atomic mass is 10.2. The zero-order chi connectivity index (χ0) is 10.8. The highest BCUT2D eigenvalue weighted by Gasteiger charge is 2.30. The normalized spacial score (nSPS) is 15.7. The van der Waals surface area contributed by atoms with E-state index in [2.05, 4.69) is 45.7 Å². The lowest BCUT2D eigenvalue weighted by Gasteiger charge is -2.27. The maximum Gasteiger partial charge on any atom is 0.0592 e. The summed E-state index contributed by atoms with van der Waals surface area (Å²) in [4.78, 5) is 6.62. The quantitative estimate of drug-likeness (QED) is 0.832. The summed E-state index contributed by atoms with van der Waals surface area (Å²) in [5.41, 5.74) is 1.29. The fourth-order valence-electron chi connectivity index (χ4n) is 1.82. The molecule has 0 unspecified atom stereocenters. The summed E-state index contributed by atoms with van der Waals surface area (Å²) in [6.45, 7) is 5.67. The maximum absolute atomic E-state index is 4.11. The Bertz CT molecular complexity index is 334. The van der Waals surface area contributed by atoms with Crippen molar-refractivity contribution in [1.29, 1.82) is 0 Å². The van der Waals surface area contributed by atoms with Crippen molar-refractivity contribution < 1.29 is 0 Å². The highest BCUT2D eigenvalue weighted by molar-refractivity contribution is 9.10. The Hall–Kier alpha value is -0.570. The van der Waals surface area contributed by atoms with E-state index in [9.17, 15) is 0 Å². The van der Waals surface area contributed by atoms with Gasteiger partial charge in [-0.2, -0.15) is 0 Å². The molecular formula is C12H17BrN2. The topological polar surface area (TPSA) is 16.1 Å². The van der Waals surface area contributed by atoms with Gasteiger partial charge in [0.05, 0.1) is 10.2 Å². The number of hydrogen-bond donors (Lipinski definition) is 0. The molecule has 1 saturated carbocycles. The molecule has 1 aromatic heterocycles. The van der Waals surface area contributed by atoms with Crippen LogP contribution in [-0.2, 0) is 0 Å². The van der Waals surface area contributed by atoms with Crippen molar-refractivity contribution in [2.45, 2.75) is 32.7 Å². The Labute approximate surface area is 99.8 Å². The fourth-order valence-corrected chi connectivity index (χ4v) is 2.30.